The van der Waals surface area contributed by atoms with Crippen molar-refractivity contribution in [1.82, 2.24) is 15.0 Å². The van der Waals surface area contributed by atoms with Gasteiger partial charge in [0.2, 0.25) is 17.8 Å². The second-order valence-corrected chi connectivity index (χ2v) is 7.43. The molecule has 8 nitrogen and oxygen atoms in total. The molecule has 9 heteroatoms. The highest BCUT2D eigenvalue weighted by Gasteiger charge is 2.30. The molecular weight excluding hydrogens is 404 g/mol. The SMILES string of the molecule is CC(=O)Nc1cccc(Nc2ncnc(N3CC(Oc4cccc(Cl)c4)C3)n2)c1C. The molecule has 1 aliphatic rings. The van der Waals surface area contributed by atoms with E-state index in [-0.39, 0.29) is 12.0 Å². The molecule has 1 amide bonds. The van der Waals surface area contributed by atoms with Crippen LogP contribution < -0.4 is 20.3 Å². The van der Waals surface area contributed by atoms with Gasteiger partial charge in [0.05, 0.1) is 13.1 Å². The molecule has 0 radical (unpaired) electrons. The van der Waals surface area contributed by atoms with Crippen LogP contribution in [0.1, 0.15) is 12.5 Å². The van der Waals surface area contributed by atoms with E-state index >= 15 is 0 Å². The standard InChI is InChI=1S/C21H21ClN6O2/c1-13-18(25-14(2)29)7-4-8-19(13)26-20-23-12-24-21(27-20)28-10-17(11-28)30-16-6-3-5-15(22)9-16/h3-9,12,17H,10-11H2,1-2H3,(H,25,29)(H,23,24,26,27). The summed E-state index contributed by atoms with van der Waals surface area (Å²) < 4.78 is 5.92. The van der Waals surface area contributed by atoms with Gasteiger partial charge in [-0.3, -0.25) is 4.79 Å². The average Bonchev–Trinajstić information content (AvgIpc) is 2.67. The number of carbonyl (C=O) groups is 1. The third-order valence-corrected chi connectivity index (χ3v) is 4.91. The van der Waals surface area contributed by atoms with E-state index < -0.39 is 0 Å². The molecule has 1 fully saturated rings. The van der Waals surface area contributed by atoms with Crippen molar-refractivity contribution in [2.24, 2.45) is 0 Å². The van der Waals surface area contributed by atoms with E-state index in [1.54, 1.807) is 6.07 Å². The maximum atomic E-state index is 11.4. The van der Waals surface area contributed by atoms with E-state index in [1.165, 1.54) is 13.3 Å². The van der Waals surface area contributed by atoms with E-state index in [9.17, 15) is 4.79 Å². The van der Waals surface area contributed by atoms with E-state index in [1.807, 2.05) is 48.2 Å². The molecule has 1 aromatic heterocycles. The molecule has 0 bridgehead atoms. The Bertz CT molecular complexity index is 1070. The zero-order valence-corrected chi connectivity index (χ0v) is 17.3. The Morgan fingerprint density at radius 2 is 1.93 bits per heavy atom. The number of ether oxygens (including phenoxy) is 1. The highest BCUT2D eigenvalue weighted by atomic mass is 35.5. The predicted molar refractivity (Wildman–Crippen MR) is 117 cm³/mol. The Labute approximate surface area is 179 Å². The summed E-state index contributed by atoms with van der Waals surface area (Å²) >= 11 is 6.00. The van der Waals surface area contributed by atoms with Crippen LogP contribution in [0.3, 0.4) is 0 Å². The molecule has 3 aromatic rings. The van der Waals surface area contributed by atoms with Crippen molar-refractivity contribution in [2.45, 2.75) is 20.0 Å². The molecular formula is C21H21ClN6O2. The number of hydrogen-bond acceptors (Lipinski definition) is 7. The van der Waals surface area contributed by atoms with Crippen LogP contribution >= 0.6 is 11.6 Å². The first kappa shape index (κ1) is 19.9. The van der Waals surface area contributed by atoms with Crippen LogP contribution in [0.25, 0.3) is 0 Å². The lowest BCUT2D eigenvalue weighted by molar-refractivity contribution is -0.114. The van der Waals surface area contributed by atoms with Gasteiger partial charge < -0.3 is 20.3 Å². The lowest BCUT2D eigenvalue weighted by atomic mass is 10.1. The summed E-state index contributed by atoms with van der Waals surface area (Å²) in [6.07, 6.45) is 1.52. The first-order valence-corrected chi connectivity index (χ1v) is 9.86. The second-order valence-electron chi connectivity index (χ2n) is 7.00. The Hall–Kier alpha value is -3.39. The second kappa shape index (κ2) is 8.54. The largest absolute Gasteiger partial charge is 0.487 e. The zero-order chi connectivity index (χ0) is 21.1. The third kappa shape index (κ3) is 4.60. The Balaban J connectivity index is 1.40. The quantitative estimate of drug-likeness (QED) is 0.621. The van der Waals surface area contributed by atoms with Gasteiger partial charge in [-0.05, 0) is 42.8 Å². The number of nitrogens with one attached hydrogen (secondary N) is 2. The molecule has 0 aliphatic carbocycles. The van der Waals surface area contributed by atoms with Crippen molar-refractivity contribution in [2.75, 3.05) is 28.6 Å². The van der Waals surface area contributed by atoms with Gasteiger partial charge in [0, 0.05) is 23.3 Å². The fourth-order valence-corrected chi connectivity index (χ4v) is 3.31. The highest BCUT2D eigenvalue weighted by Crippen LogP contribution is 2.27. The van der Waals surface area contributed by atoms with Crippen molar-refractivity contribution in [3.63, 3.8) is 0 Å². The molecule has 154 valence electrons. The van der Waals surface area contributed by atoms with Crippen LogP contribution in [0, 0.1) is 6.92 Å². The number of amides is 1. The lowest BCUT2D eigenvalue weighted by Gasteiger charge is -2.38. The molecule has 1 aliphatic heterocycles. The molecule has 2 aromatic carbocycles. The van der Waals surface area contributed by atoms with Gasteiger partial charge >= 0.3 is 0 Å². The summed E-state index contributed by atoms with van der Waals surface area (Å²) in [5, 5.41) is 6.66. The number of hydrogen-bond donors (Lipinski definition) is 2. The normalized spacial score (nSPS) is 13.5. The smallest absolute Gasteiger partial charge is 0.232 e. The Morgan fingerprint density at radius 1 is 1.17 bits per heavy atom. The maximum Gasteiger partial charge on any atom is 0.232 e. The van der Waals surface area contributed by atoms with E-state index in [4.69, 9.17) is 16.3 Å². The minimum absolute atomic E-state index is 0.0493. The van der Waals surface area contributed by atoms with Gasteiger partial charge in [-0.25, -0.2) is 9.97 Å². The van der Waals surface area contributed by atoms with E-state index in [0.717, 1.165) is 22.7 Å². The molecule has 0 atom stereocenters. The first-order chi connectivity index (χ1) is 14.5. The lowest BCUT2D eigenvalue weighted by Crippen LogP contribution is -2.54. The summed E-state index contributed by atoms with van der Waals surface area (Å²) in [6.45, 7) is 4.75. The third-order valence-electron chi connectivity index (χ3n) is 4.68. The number of nitrogens with zero attached hydrogens (tertiary/aromatic N) is 4. The van der Waals surface area contributed by atoms with E-state index in [2.05, 4.69) is 25.6 Å². The number of anilines is 4. The average molecular weight is 425 g/mol. The maximum absolute atomic E-state index is 11.4. The van der Waals surface area contributed by atoms with Gasteiger partial charge in [-0.1, -0.05) is 23.7 Å². The number of carbonyl (C=O) groups excluding carboxylic acids is 1. The highest BCUT2D eigenvalue weighted by molar-refractivity contribution is 6.30. The first-order valence-electron chi connectivity index (χ1n) is 9.48. The van der Waals surface area contributed by atoms with Gasteiger partial charge in [-0.15, -0.1) is 0 Å². The van der Waals surface area contributed by atoms with Gasteiger partial charge in [0.15, 0.2) is 0 Å². The minimum atomic E-state index is -0.120. The van der Waals surface area contributed by atoms with Crippen molar-refractivity contribution >= 4 is 40.8 Å². The van der Waals surface area contributed by atoms with Crippen LogP contribution in [-0.2, 0) is 4.79 Å². The minimum Gasteiger partial charge on any atom is -0.487 e. The van der Waals surface area contributed by atoms with Crippen molar-refractivity contribution in [3.05, 3.63) is 59.4 Å². The molecule has 4 rings (SSSR count). The van der Waals surface area contributed by atoms with Gasteiger partial charge in [-0.2, -0.15) is 4.98 Å². The molecule has 0 unspecified atom stereocenters. The summed E-state index contributed by atoms with van der Waals surface area (Å²) in [5.41, 5.74) is 2.45. The number of halogens is 1. The van der Waals surface area contributed by atoms with Crippen LogP contribution in [0.2, 0.25) is 5.02 Å². The zero-order valence-electron chi connectivity index (χ0n) is 16.6. The molecule has 0 spiro atoms. The summed E-state index contributed by atoms with van der Waals surface area (Å²) in [4.78, 5) is 26.4. The summed E-state index contributed by atoms with van der Waals surface area (Å²) in [7, 11) is 0. The van der Waals surface area contributed by atoms with Crippen molar-refractivity contribution in [1.29, 1.82) is 0 Å². The fourth-order valence-electron chi connectivity index (χ4n) is 3.13. The number of benzene rings is 2. The predicted octanol–water partition coefficient (Wildman–Crippen LogP) is 3.80. The van der Waals surface area contributed by atoms with E-state index in [0.29, 0.717) is 30.0 Å². The molecule has 1 saturated heterocycles. The molecule has 2 N–H and O–H groups in total. The fraction of sp³-hybridized carbons (Fsp3) is 0.238. The van der Waals surface area contributed by atoms with Crippen LogP contribution in [0.4, 0.5) is 23.3 Å². The van der Waals surface area contributed by atoms with Crippen molar-refractivity contribution < 1.29 is 9.53 Å². The monoisotopic (exact) mass is 424 g/mol. The van der Waals surface area contributed by atoms with Crippen LogP contribution in [-0.4, -0.2) is 40.1 Å². The number of aromatic nitrogens is 3. The van der Waals surface area contributed by atoms with Crippen LogP contribution in [0.5, 0.6) is 5.75 Å². The molecule has 30 heavy (non-hydrogen) atoms. The van der Waals surface area contributed by atoms with Gasteiger partial charge in [0.25, 0.3) is 0 Å². The number of rotatable bonds is 6. The Kier molecular flexibility index (Phi) is 5.67. The van der Waals surface area contributed by atoms with Crippen molar-refractivity contribution in [3.8, 4) is 5.75 Å². The molecule has 0 saturated carbocycles. The summed E-state index contributed by atoms with van der Waals surface area (Å²) in [6, 6.07) is 13.0. The Morgan fingerprint density at radius 3 is 2.70 bits per heavy atom. The summed E-state index contributed by atoms with van der Waals surface area (Å²) in [5.74, 6) is 1.64. The topological polar surface area (TPSA) is 92.3 Å². The van der Waals surface area contributed by atoms with Crippen LogP contribution in [0.15, 0.2) is 48.8 Å². The van der Waals surface area contributed by atoms with Gasteiger partial charge in [0.1, 0.15) is 18.2 Å². The molecule has 2 heterocycles.